The summed E-state index contributed by atoms with van der Waals surface area (Å²) in [6.07, 6.45) is 0. The van der Waals surface area contributed by atoms with Crippen molar-refractivity contribution in [3.8, 4) is 5.75 Å². The fourth-order valence-electron chi connectivity index (χ4n) is 4.19. The second kappa shape index (κ2) is 9.80. The van der Waals surface area contributed by atoms with Crippen LogP contribution >= 0.6 is 11.6 Å². The molecule has 1 amide bonds. The van der Waals surface area contributed by atoms with Gasteiger partial charge in [0, 0.05) is 13.1 Å². The van der Waals surface area contributed by atoms with Gasteiger partial charge in [-0.2, -0.15) is 0 Å². The molecule has 1 N–H and O–H groups in total. The molecule has 0 saturated carbocycles. The number of rotatable bonds is 6. The maximum atomic E-state index is 13.3. The number of carbonyl (C=O) groups is 2. The van der Waals surface area contributed by atoms with E-state index in [4.69, 9.17) is 16.3 Å². The standard InChI is InChI=1S/C27H33ClN2O4/c1-16-14-19(25(34-7)20(28)15-16)23(31)21-22(17-8-10-18(11-9-17)27(2,3)4)30(13-12-29(5)6)26(33)24(21)32/h8-11,14-15,22,31H,12-13H2,1-7H3/b23-21+. The molecule has 1 heterocycles. The fraction of sp³-hybridized carbons (Fsp3) is 0.407. The van der Waals surface area contributed by atoms with Crippen LogP contribution in [0.2, 0.25) is 5.02 Å². The SMILES string of the molecule is COc1c(Cl)cc(C)cc1/C(O)=C1\C(=O)C(=O)N(CCN(C)C)C1c1ccc(C(C)(C)C)cc1. The van der Waals surface area contributed by atoms with Gasteiger partial charge in [0.15, 0.2) is 0 Å². The van der Waals surface area contributed by atoms with Crippen molar-refractivity contribution in [2.24, 2.45) is 0 Å². The molecule has 0 spiro atoms. The first-order valence-electron chi connectivity index (χ1n) is 11.2. The zero-order chi connectivity index (χ0) is 25.4. The highest BCUT2D eigenvalue weighted by molar-refractivity contribution is 6.46. The molecule has 2 aromatic rings. The Morgan fingerprint density at radius 2 is 1.76 bits per heavy atom. The highest BCUT2D eigenvalue weighted by atomic mass is 35.5. The summed E-state index contributed by atoms with van der Waals surface area (Å²) in [7, 11) is 5.26. The topological polar surface area (TPSA) is 70.1 Å². The number of nitrogens with zero attached hydrogens (tertiary/aromatic N) is 2. The van der Waals surface area contributed by atoms with Crippen molar-refractivity contribution < 1.29 is 19.4 Å². The molecular weight excluding hydrogens is 452 g/mol. The van der Waals surface area contributed by atoms with E-state index in [1.807, 2.05) is 50.2 Å². The lowest BCUT2D eigenvalue weighted by Gasteiger charge is -2.27. The molecule has 1 aliphatic rings. The van der Waals surface area contributed by atoms with Crippen LogP contribution in [0.5, 0.6) is 5.75 Å². The first kappa shape index (κ1) is 25.8. The average Bonchev–Trinajstić information content (AvgIpc) is 3.01. The minimum Gasteiger partial charge on any atom is -0.507 e. The van der Waals surface area contributed by atoms with Crippen molar-refractivity contribution in [2.45, 2.75) is 39.2 Å². The molecule has 182 valence electrons. The maximum absolute atomic E-state index is 13.3. The molecule has 1 aliphatic heterocycles. The number of likely N-dealkylation sites (tertiary alicyclic amines) is 1. The molecule has 1 unspecified atom stereocenters. The van der Waals surface area contributed by atoms with Gasteiger partial charge in [-0.25, -0.2) is 0 Å². The van der Waals surface area contributed by atoms with Crippen LogP contribution in [0.25, 0.3) is 5.76 Å². The van der Waals surface area contributed by atoms with Gasteiger partial charge in [0.2, 0.25) is 0 Å². The van der Waals surface area contributed by atoms with Gasteiger partial charge >= 0.3 is 0 Å². The molecule has 1 atom stereocenters. The van der Waals surface area contributed by atoms with E-state index in [1.165, 1.54) is 12.0 Å². The first-order valence-corrected chi connectivity index (χ1v) is 11.6. The second-order valence-corrected chi connectivity index (χ2v) is 10.4. The lowest BCUT2D eigenvalue weighted by atomic mass is 9.85. The highest BCUT2D eigenvalue weighted by Gasteiger charge is 2.46. The molecule has 0 aliphatic carbocycles. The molecule has 3 rings (SSSR count). The predicted octanol–water partition coefficient (Wildman–Crippen LogP) is 4.94. The van der Waals surface area contributed by atoms with Gasteiger partial charge in [-0.1, -0.05) is 56.6 Å². The van der Waals surface area contributed by atoms with E-state index in [1.54, 1.807) is 12.1 Å². The number of ketones is 1. The summed E-state index contributed by atoms with van der Waals surface area (Å²) in [6, 6.07) is 10.6. The largest absolute Gasteiger partial charge is 0.507 e. The number of Topliss-reactive ketones (excluding diaryl/α,β-unsaturated/α-hetero) is 1. The summed E-state index contributed by atoms with van der Waals surface area (Å²) >= 11 is 6.35. The first-order chi connectivity index (χ1) is 15.9. The third-order valence-corrected chi connectivity index (χ3v) is 6.35. The number of aliphatic hydroxyl groups excluding tert-OH is 1. The Morgan fingerprint density at radius 1 is 1.15 bits per heavy atom. The van der Waals surface area contributed by atoms with Crippen molar-refractivity contribution in [3.63, 3.8) is 0 Å². The molecule has 6 nitrogen and oxygen atoms in total. The van der Waals surface area contributed by atoms with Gasteiger partial charge in [-0.15, -0.1) is 0 Å². The summed E-state index contributed by atoms with van der Waals surface area (Å²) in [5.41, 5.74) is 2.96. The summed E-state index contributed by atoms with van der Waals surface area (Å²) in [6.45, 7) is 9.12. The number of amides is 1. The van der Waals surface area contributed by atoms with Crippen LogP contribution in [-0.2, 0) is 15.0 Å². The molecular formula is C27H33ClN2O4. The molecule has 1 saturated heterocycles. The Hall–Kier alpha value is -2.83. The molecule has 0 bridgehead atoms. The second-order valence-electron chi connectivity index (χ2n) is 10.00. The number of aliphatic hydroxyl groups is 1. The van der Waals surface area contributed by atoms with Crippen LogP contribution in [0.3, 0.4) is 0 Å². The minimum atomic E-state index is -0.724. The van der Waals surface area contributed by atoms with Crippen LogP contribution < -0.4 is 4.74 Å². The number of benzene rings is 2. The predicted molar refractivity (Wildman–Crippen MR) is 135 cm³/mol. The van der Waals surface area contributed by atoms with Gasteiger partial charge < -0.3 is 19.6 Å². The Balaban J connectivity index is 2.23. The quantitative estimate of drug-likeness (QED) is 0.357. The Labute approximate surface area is 206 Å². The molecule has 1 fully saturated rings. The van der Waals surface area contributed by atoms with Crippen molar-refractivity contribution >= 4 is 29.1 Å². The van der Waals surface area contributed by atoms with Crippen molar-refractivity contribution in [1.82, 2.24) is 9.80 Å². The Bertz CT molecular complexity index is 1130. The normalized spacial score (nSPS) is 18.1. The fourth-order valence-corrected chi connectivity index (χ4v) is 4.54. The van der Waals surface area contributed by atoms with E-state index in [-0.39, 0.29) is 28.1 Å². The van der Waals surface area contributed by atoms with Gasteiger partial charge in [0.05, 0.1) is 29.3 Å². The molecule has 0 radical (unpaired) electrons. The van der Waals surface area contributed by atoms with Crippen LogP contribution in [0.15, 0.2) is 42.0 Å². The Kier molecular flexibility index (Phi) is 7.44. The van der Waals surface area contributed by atoms with E-state index >= 15 is 0 Å². The van der Waals surface area contributed by atoms with Crippen LogP contribution in [0.4, 0.5) is 0 Å². The third kappa shape index (κ3) is 4.98. The van der Waals surface area contributed by atoms with Gasteiger partial charge in [-0.3, -0.25) is 9.59 Å². The third-order valence-electron chi connectivity index (χ3n) is 6.07. The molecule has 7 heteroatoms. The van der Waals surface area contributed by atoms with E-state index in [0.717, 1.165) is 16.7 Å². The summed E-state index contributed by atoms with van der Waals surface area (Å²) in [5.74, 6) is -1.39. The summed E-state index contributed by atoms with van der Waals surface area (Å²) in [5, 5.41) is 11.7. The van der Waals surface area contributed by atoms with E-state index in [0.29, 0.717) is 18.1 Å². The number of aryl methyl sites for hydroxylation is 1. The maximum Gasteiger partial charge on any atom is 0.295 e. The zero-order valence-corrected chi connectivity index (χ0v) is 21.7. The molecule has 0 aromatic heterocycles. The Morgan fingerprint density at radius 3 is 2.29 bits per heavy atom. The summed E-state index contributed by atoms with van der Waals surface area (Å²) in [4.78, 5) is 29.9. The van der Waals surface area contributed by atoms with Crippen LogP contribution in [0, 0.1) is 6.92 Å². The van der Waals surface area contributed by atoms with Crippen molar-refractivity contribution in [3.05, 3.63) is 69.2 Å². The highest BCUT2D eigenvalue weighted by Crippen LogP contribution is 2.43. The van der Waals surface area contributed by atoms with Crippen LogP contribution in [0.1, 0.15) is 49.1 Å². The number of methoxy groups -OCH3 is 1. The lowest BCUT2D eigenvalue weighted by Crippen LogP contribution is -2.35. The van der Waals surface area contributed by atoms with E-state index in [9.17, 15) is 14.7 Å². The number of ether oxygens (including phenoxy) is 1. The van der Waals surface area contributed by atoms with Gasteiger partial charge in [-0.05, 0) is 55.3 Å². The number of hydrogen-bond donors (Lipinski definition) is 1. The lowest BCUT2D eigenvalue weighted by molar-refractivity contribution is -0.140. The summed E-state index contributed by atoms with van der Waals surface area (Å²) < 4.78 is 5.43. The van der Waals surface area contributed by atoms with Crippen molar-refractivity contribution in [2.75, 3.05) is 34.3 Å². The van der Waals surface area contributed by atoms with E-state index in [2.05, 4.69) is 20.8 Å². The number of hydrogen-bond acceptors (Lipinski definition) is 5. The number of halogens is 1. The molecule has 2 aromatic carbocycles. The van der Waals surface area contributed by atoms with Gasteiger partial charge in [0.1, 0.15) is 11.5 Å². The number of carbonyl (C=O) groups excluding carboxylic acids is 2. The van der Waals surface area contributed by atoms with Crippen LogP contribution in [-0.4, -0.2) is 60.9 Å². The van der Waals surface area contributed by atoms with Crippen molar-refractivity contribution in [1.29, 1.82) is 0 Å². The number of likely N-dealkylation sites (N-methyl/N-ethyl adjacent to an activating group) is 1. The molecule has 34 heavy (non-hydrogen) atoms. The van der Waals surface area contributed by atoms with E-state index < -0.39 is 17.7 Å². The zero-order valence-electron chi connectivity index (χ0n) is 20.9. The monoisotopic (exact) mass is 484 g/mol. The smallest absolute Gasteiger partial charge is 0.295 e. The van der Waals surface area contributed by atoms with Gasteiger partial charge in [0.25, 0.3) is 11.7 Å². The average molecular weight is 485 g/mol. The minimum absolute atomic E-state index is 0.0345.